The van der Waals surface area contributed by atoms with Gasteiger partial charge in [-0.1, -0.05) is 12.2 Å². The van der Waals surface area contributed by atoms with Crippen molar-refractivity contribution in [3.63, 3.8) is 0 Å². The molecular formula is C6H12O. The van der Waals surface area contributed by atoms with Crippen LogP contribution in [0.5, 0.6) is 0 Å². The lowest BCUT2D eigenvalue weighted by Gasteiger charge is -1.83. The van der Waals surface area contributed by atoms with Crippen molar-refractivity contribution in [1.82, 2.24) is 0 Å². The third-order valence-electron chi connectivity index (χ3n) is 0.765. The first kappa shape index (κ1) is 6.70. The van der Waals surface area contributed by atoms with Crippen LogP contribution in [0.1, 0.15) is 19.8 Å². The molecule has 1 heteroatoms. The van der Waals surface area contributed by atoms with E-state index in [0.717, 1.165) is 12.8 Å². The van der Waals surface area contributed by atoms with Crippen LogP contribution in [0.4, 0.5) is 0 Å². The standard InChI is InChI=1S/C6H12O/c1-2-3-4-5-6-7/h2-3,7H,4-6H2,1H3/b3-2+. The molecule has 0 radical (unpaired) electrons. The van der Waals surface area contributed by atoms with Gasteiger partial charge in [-0.05, 0) is 19.8 Å². The minimum Gasteiger partial charge on any atom is -0.396 e. The van der Waals surface area contributed by atoms with Crippen molar-refractivity contribution in [3.05, 3.63) is 12.2 Å². The molecule has 42 valence electrons. The van der Waals surface area contributed by atoms with Gasteiger partial charge < -0.3 is 5.11 Å². The van der Waals surface area contributed by atoms with Gasteiger partial charge in [0.1, 0.15) is 0 Å². The Hall–Kier alpha value is -0.300. The maximum absolute atomic E-state index is 8.26. The molecule has 7 heavy (non-hydrogen) atoms. The van der Waals surface area contributed by atoms with Gasteiger partial charge >= 0.3 is 0 Å². The van der Waals surface area contributed by atoms with Gasteiger partial charge in [-0.2, -0.15) is 0 Å². The molecule has 0 aliphatic heterocycles. The van der Waals surface area contributed by atoms with Crippen molar-refractivity contribution in [1.29, 1.82) is 0 Å². The third kappa shape index (κ3) is 5.70. The van der Waals surface area contributed by atoms with Gasteiger partial charge in [0.25, 0.3) is 0 Å². The predicted molar refractivity (Wildman–Crippen MR) is 31.1 cm³/mol. The summed E-state index contributed by atoms with van der Waals surface area (Å²) in [5.74, 6) is 0. The monoisotopic (exact) mass is 100 g/mol. The van der Waals surface area contributed by atoms with Crippen molar-refractivity contribution in [3.8, 4) is 0 Å². The molecule has 0 unspecified atom stereocenters. The summed E-state index contributed by atoms with van der Waals surface area (Å²) in [6.07, 6.45) is 5.95. The number of allylic oxidation sites excluding steroid dienone is 2. The summed E-state index contributed by atoms with van der Waals surface area (Å²) in [7, 11) is 0. The maximum Gasteiger partial charge on any atom is 0.0433 e. The number of rotatable bonds is 3. The van der Waals surface area contributed by atoms with Gasteiger partial charge in [-0.15, -0.1) is 0 Å². The summed E-state index contributed by atoms with van der Waals surface area (Å²) < 4.78 is 0. The average Bonchev–Trinajstić information content (AvgIpc) is 1.69. The van der Waals surface area contributed by atoms with E-state index in [1.165, 1.54) is 0 Å². The van der Waals surface area contributed by atoms with Gasteiger partial charge in [-0.3, -0.25) is 0 Å². The molecule has 0 aromatic heterocycles. The molecule has 0 saturated carbocycles. The molecule has 0 saturated heterocycles. The van der Waals surface area contributed by atoms with Crippen LogP contribution in [-0.4, -0.2) is 11.7 Å². The van der Waals surface area contributed by atoms with Crippen molar-refractivity contribution in [2.45, 2.75) is 19.8 Å². The van der Waals surface area contributed by atoms with E-state index in [1.54, 1.807) is 0 Å². The minimum atomic E-state index is 0.310. The topological polar surface area (TPSA) is 20.2 Å². The Morgan fingerprint density at radius 3 is 2.71 bits per heavy atom. The lowest BCUT2D eigenvalue weighted by molar-refractivity contribution is 0.289. The maximum atomic E-state index is 8.26. The van der Waals surface area contributed by atoms with E-state index in [4.69, 9.17) is 5.11 Å². The molecule has 0 bridgehead atoms. The Labute approximate surface area is 44.7 Å². The van der Waals surface area contributed by atoms with Crippen LogP contribution in [0, 0.1) is 0 Å². The van der Waals surface area contributed by atoms with Gasteiger partial charge in [0.05, 0.1) is 0 Å². The first-order valence-corrected chi connectivity index (χ1v) is 2.64. The summed E-state index contributed by atoms with van der Waals surface area (Å²) in [4.78, 5) is 0. The van der Waals surface area contributed by atoms with Crippen LogP contribution < -0.4 is 0 Å². The van der Waals surface area contributed by atoms with Crippen molar-refractivity contribution in [2.75, 3.05) is 6.61 Å². The van der Waals surface area contributed by atoms with E-state index in [1.807, 2.05) is 13.0 Å². The van der Waals surface area contributed by atoms with Crippen LogP contribution in [0.2, 0.25) is 0 Å². The van der Waals surface area contributed by atoms with E-state index in [2.05, 4.69) is 6.08 Å². The summed E-state index contributed by atoms with van der Waals surface area (Å²) in [5.41, 5.74) is 0. The highest BCUT2D eigenvalue weighted by molar-refractivity contribution is 4.75. The van der Waals surface area contributed by atoms with Crippen LogP contribution >= 0.6 is 0 Å². The van der Waals surface area contributed by atoms with Crippen LogP contribution in [0.3, 0.4) is 0 Å². The third-order valence-corrected chi connectivity index (χ3v) is 0.765. The lowest BCUT2D eigenvalue weighted by atomic mass is 10.3. The number of aliphatic hydroxyl groups is 1. The zero-order chi connectivity index (χ0) is 5.54. The average molecular weight is 100 g/mol. The van der Waals surface area contributed by atoms with Gasteiger partial charge in [0.15, 0.2) is 0 Å². The SMILES string of the molecule is C/C=C/CCCO. The van der Waals surface area contributed by atoms with Gasteiger partial charge in [-0.25, -0.2) is 0 Å². The molecule has 0 spiro atoms. The molecule has 0 fully saturated rings. The van der Waals surface area contributed by atoms with Gasteiger partial charge in [0.2, 0.25) is 0 Å². The van der Waals surface area contributed by atoms with E-state index in [-0.39, 0.29) is 0 Å². The molecule has 0 heterocycles. The summed E-state index contributed by atoms with van der Waals surface area (Å²) in [6, 6.07) is 0. The predicted octanol–water partition coefficient (Wildman–Crippen LogP) is 1.33. The van der Waals surface area contributed by atoms with E-state index < -0.39 is 0 Å². The summed E-state index contributed by atoms with van der Waals surface area (Å²) in [5, 5.41) is 8.26. The number of hydrogen-bond acceptors (Lipinski definition) is 1. The first-order valence-electron chi connectivity index (χ1n) is 2.64. The fraction of sp³-hybridized carbons (Fsp3) is 0.667. The second kappa shape index (κ2) is 5.70. The molecule has 0 aromatic carbocycles. The molecule has 1 nitrogen and oxygen atoms in total. The molecule has 0 atom stereocenters. The normalized spacial score (nSPS) is 10.6. The molecule has 0 aromatic rings. The Morgan fingerprint density at radius 1 is 1.57 bits per heavy atom. The Balaban J connectivity index is 2.69. The molecule has 0 rings (SSSR count). The quantitative estimate of drug-likeness (QED) is 0.419. The van der Waals surface area contributed by atoms with E-state index in [9.17, 15) is 0 Å². The molecule has 0 aliphatic carbocycles. The fourth-order valence-electron chi connectivity index (χ4n) is 0.376. The first-order chi connectivity index (χ1) is 3.41. The van der Waals surface area contributed by atoms with Crippen LogP contribution in [-0.2, 0) is 0 Å². The molecule has 0 amide bonds. The highest BCUT2D eigenvalue weighted by Gasteiger charge is 1.74. The molecule has 0 aliphatic rings. The van der Waals surface area contributed by atoms with E-state index >= 15 is 0 Å². The van der Waals surface area contributed by atoms with Crippen molar-refractivity contribution >= 4 is 0 Å². The zero-order valence-electron chi connectivity index (χ0n) is 4.72. The van der Waals surface area contributed by atoms with Gasteiger partial charge in [0, 0.05) is 6.61 Å². The van der Waals surface area contributed by atoms with Crippen molar-refractivity contribution < 1.29 is 5.11 Å². The van der Waals surface area contributed by atoms with Crippen molar-refractivity contribution in [2.24, 2.45) is 0 Å². The summed E-state index contributed by atoms with van der Waals surface area (Å²) >= 11 is 0. The lowest BCUT2D eigenvalue weighted by Crippen LogP contribution is -1.77. The smallest absolute Gasteiger partial charge is 0.0433 e. The largest absolute Gasteiger partial charge is 0.396 e. The van der Waals surface area contributed by atoms with Crippen LogP contribution in [0.25, 0.3) is 0 Å². The second-order valence-corrected chi connectivity index (χ2v) is 1.43. The fourth-order valence-corrected chi connectivity index (χ4v) is 0.376. The van der Waals surface area contributed by atoms with E-state index in [0.29, 0.717) is 6.61 Å². The highest BCUT2D eigenvalue weighted by atomic mass is 16.2. The summed E-state index contributed by atoms with van der Waals surface area (Å²) in [6.45, 7) is 2.29. The minimum absolute atomic E-state index is 0.310. The number of unbranched alkanes of at least 4 members (excludes halogenated alkanes) is 1. The Morgan fingerprint density at radius 2 is 2.29 bits per heavy atom. The second-order valence-electron chi connectivity index (χ2n) is 1.43. The van der Waals surface area contributed by atoms with Crippen LogP contribution in [0.15, 0.2) is 12.2 Å². The molecular weight excluding hydrogens is 88.1 g/mol. The Kier molecular flexibility index (Phi) is 5.46. The molecule has 1 N–H and O–H groups in total. The Bertz CT molecular complexity index is 48.1. The number of hydrogen-bond donors (Lipinski definition) is 1. The highest BCUT2D eigenvalue weighted by Crippen LogP contribution is 1.86. The number of aliphatic hydroxyl groups excluding tert-OH is 1. The zero-order valence-corrected chi connectivity index (χ0v) is 4.72.